The summed E-state index contributed by atoms with van der Waals surface area (Å²) in [5, 5.41) is 0. The molecule has 0 aliphatic rings. The van der Waals surface area contributed by atoms with E-state index in [1.165, 1.54) is 50.8 Å². The molecule has 8 nitrogen and oxygen atoms in total. The van der Waals surface area contributed by atoms with Crippen molar-refractivity contribution in [2.45, 2.75) is 9.79 Å². The molecule has 0 aliphatic carbocycles. The van der Waals surface area contributed by atoms with Gasteiger partial charge in [0.1, 0.15) is 0 Å². The van der Waals surface area contributed by atoms with Gasteiger partial charge < -0.3 is 4.74 Å². The first-order valence-electron chi connectivity index (χ1n) is 7.25. The fourth-order valence-corrected chi connectivity index (χ4v) is 4.15. The van der Waals surface area contributed by atoms with Crippen LogP contribution in [0.2, 0.25) is 0 Å². The highest BCUT2D eigenvalue weighted by Gasteiger charge is 2.22. The second-order valence-corrected chi connectivity index (χ2v) is 8.87. The number of hydrogen-bond donors (Lipinski definition) is 1. The monoisotopic (exact) mass is 385 g/mol. The van der Waals surface area contributed by atoms with Crippen molar-refractivity contribution in [3.8, 4) is 0 Å². The maximum atomic E-state index is 12.4. The topological polar surface area (TPSA) is 106 Å². The Hall–Kier alpha value is -2.01. The van der Waals surface area contributed by atoms with Crippen LogP contribution in [0.4, 0.5) is 5.69 Å². The summed E-state index contributed by atoms with van der Waals surface area (Å²) >= 11 is 0. The van der Waals surface area contributed by atoms with Crippen molar-refractivity contribution in [1.82, 2.24) is 9.29 Å². The zero-order valence-corrected chi connectivity index (χ0v) is 15.4. The highest BCUT2D eigenvalue weighted by Crippen LogP contribution is 2.19. The molecule has 0 unspecified atom stereocenters. The van der Waals surface area contributed by atoms with Gasteiger partial charge in [0, 0.05) is 26.9 Å². The van der Waals surface area contributed by atoms with E-state index in [9.17, 15) is 16.8 Å². The summed E-state index contributed by atoms with van der Waals surface area (Å²) in [4.78, 5) is 3.79. The molecular formula is C15H19N3O5S2. The largest absolute Gasteiger partial charge is 0.383 e. The zero-order valence-electron chi connectivity index (χ0n) is 13.8. The molecule has 0 aliphatic heterocycles. The molecule has 0 saturated heterocycles. The van der Waals surface area contributed by atoms with Gasteiger partial charge in [-0.3, -0.25) is 9.71 Å². The van der Waals surface area contributed by atoms with Crippen molar-refractivity contribution < 1.29 is 21.6 Å². The third-order valence-electron chi connectivity index (χ3n) is 3.37. The maximum Gasteiger partial charge on any atom is 0.261 e. The van der Waals surface area contributed by atoms with Crippen LogP contribution >= 0.6 is 0 Å². The molecule has 1 aromatic heterocycles. The van der Waals surface area contributed by atoms with E-state index in [1.807, 2.05) is 0 Å². The summed E-state index contributed by atoms with van der Waals surface area (Å²) < 4.78 is 57.8. The molecule has 0 bridgehead atoms. The number of hydrogen-bond acceptors (Lipinski definition) is 6. The SMILES string of the molecule is COCCN(C)S(=O)(=O)c1ccc(S(=O)(=O)Nc2cccnc2)cc1. The number of benzene rings is 1. The molecule has 0 fully saturated rings. The first-order valence-corrected chi connectivity index (χ1v) is 10.2. The number of ether oxygens (including phenoxy) is 1. The molecule has 2 rings (SSSR count). The minimum absolute atomic E-state index is 0.00595. The number of aromatic nitrogens is 1. The summed E-state index contributed by atoms with van der Waals surface area (Å²) in [6.45, 7) is 0.457. The Morgan fingerprint density at radius 2 is 1.72 bits per heavy atom. The summed E-state index contributed by atoms with van der Waals surface area (Å²) in [7, 11) is -4.62. The van der Waals surface area contributed by atoms with Crippen LogP contribution in [0.3, 0.4) is 0 Å². The number of likely N-dealkylation sites (N-methyl/N-ethyl adjacent to an activating group) is 1. The average Bonchev–Trinajstić information content (AvgIpc) is 2.60. The molecule has 0 amide bonds. The minimum Gasteiger partial charge on any atom is -0.383 e. The second-order valence-electron chi connectivity index (χ2n) is 5.14. The van der Waals surface area contributed by atoms with E-state index in [2.05, 4.69) is 9.71 Å². The maximum absolute atomic E-state index is 12.4. The number of rotatable bonds is 8. The van der Waals surface area contributed by atoms with E-state index in [-0.39, 0.29) is 22.9 Å². The van der Waals surface area contributed by atoms with Crippen LogP contribution < -0.4 is 4.72 Å². The lowest BCUT2D eigenvalue weighted by Gasteiger charge is -2.17. The normalized spacial score (nSPS) is 12.3. The van der Waals surface area contributed by atoms with Gasteiger partial charge in [0.15, 0.2) is 0 Å². The van der Waals surface area contributed by atoms with Crippen molar-refractivity contribution >= 4 is 25.7 Å². The predicted octanol–water partition coefficient (Wildman–Crippen LogP) is 1.15. The Labute approximate surface area is 147 Å². The van der Waals surface area contributed by atoms with Crippen molar-refractivity contribution in [1.29, 1.82) is 0 Å². The van der Waals surface area contributed by atoms with E-state index in [0.717, 1.165) is 4.31 Å². The molecule has 0 saturated carbocycles. The summed E-state index contributed by atoms with van der Waals surface area (Å²) in [6.07, 6.45) is 2.90. The van der Waals surface area contributed by atoms with Crippen molar-refractivity contribution in [3.05, 3.63) is 48.8 Å². The van der Waals surface area contributed by atoms with E-state index >= 15 is 0 Å². The Morgan fingerprint density at radius 3 is 2.28 bits per heavy atom. The molecule has 0 radical (unpaired) electrons. The van der Waals surface area contributed by atoms with E-state index in [0.29, 0.717) is 5.69 Å². The van der Waals surface area contributed by atoms with Crippen LogP contribution in [0.1, 0.15) is 0 Å². The summed E-state index contributed by atoms with van der Waals surface area (Å²) in [6, 6.07) is 8.18. The van der Waals surface area contributed by atoms with Crippen LogP contribution in [0.25, 0.3) is 0 Å². The van der Waals surface area contributed by atoms with Gasteiger partial charge in [-0.2, -0.15) is 4.31 Å². The first-order chi connectivity index (χ1) is 11.8. The molecule has 136 valence electrons. The number of methoxy groups -OCH3 is 1. The molecule has 1 heterocycles. The van der Waals surface area contributed by atoms with Gasteiger partial charge in [0.05, 0.1) is 28.3 Å². The molecule has 10 heteroatoms. The zero-order chi connectivity index (χ0) is 18.5. The van der Waals surface area contributed by atoms with E-state index in [1.54, 1.807) is 12.1 Å². The van der Waals surface area contributed by atoms with Gasteiger partial charge in [-0.05, 0) is 36.4 Å². The van der Waals surface area contributed by atoms with Crippen LogP contribution in [-0.4, -0.2) is 53.4 Å². The van der Waals surface area contributed by atoms with Gasteiger partial charge in [0.25, 0.3) is 10.0 Å². The molecule has 0 spiro atoms. The van der Waals surface area contributed by atoms with E-state index < -0.39 is 20.0 Å². The van der Waals surface area contributed by atoms with E-state index in [4.69, 9.17) is 4.74 Å². The van der Waals surface area contributed by atoms with Crippen LogP contribution in [-0.2, 0) is 24.8 Å². The lowest BCUT2D eigenvalue weighted by Crippen LogP contribution is -2.30. The standard InChI is InChI=1S/C15H19N3O5S2/c1-18(10-11-23-2)25(21,22)15-7-5-14(6-8-15)24(19,20)17-13-4-3-9-16-12-13/h3-9,12,17H,10-11H2,1-2H3. The Bertz CT molecular complexity index is 898. The first kappa shape index (κ1) is 19.3. The Balaban J connectivity index is 2.21. The van der Waals surface area contributed by atoms with Crippen LogP contribution in [0.5, 0.6) is 0 Å². The Kier molecular flexibility index (Phi) is 6.11. The second kappa shape index (κ2) is 7.91. The molecule has 25 heavy (non-hydrogen) atoms. The molecule has 2 aromatic rings. The molecule has 1 N–H and O–H groups in total. The highest BCUT2D eigenvalue weighted by molar-refractivity contribution is 7.92. The van der Waals surface area contributed by atoms with Gasteiger partial charge >= 0.3 is 0 Å². The Morgan fingerprint density at radius 1 is 1.08 bits per heavy atom. The number of nitrogens with one attached hydrogen (secondary N) is 1. The van der Waals surface area contributed by atoms with Gasteiger partial charge in [-0.1, -0.05) is 0 Å². The van der Waals surface area contributed by atoms with Gasteiger partial charge in [-0.25, -0.2) is 16.8 Å². The summed E-state index contributed by atoms with van der Waals surface area (Å²) in [5.74, 6) is 0. The van der Waals surface area contributed by atoms with Crippen LogP contribution in [0, 0.1) is 0 Å². The van der Waals surface area contributed by atoms with Gasteiger partial charge in [0.2, 0.25) is 10.0 Å². The third kappa shape index (κ3) is 4.75. The van der Waals surface area contributed by atoms with Crippen molar-refractivity contribution in [2.24, 2.45) is 0 Å². The number of nitrogens with zero attached hydrogens (tertiary/aromatic N) is 2. The smallest absolute Gasteiger partial charge is 0.261 e. The van der Waals surface area contributed by atoms with Crippen molar-refractivity contribution in [2.75, 3.05) is 32.0 Å². The van der Waals surface area contributed by atoms with Crippen LogP contribution in [0.15, 0.2) is 58.6 Å². The lowest BCUT2D eigenvalue weighted by atomic mass is 10.4. The fourth-order valence-electron chi connectivity index (χ4n) is 1.95. The number of sulfonamides is 2. The molecule has 0 atom stereocenters. The quantitative estimate of drug-likeness (QED) is 0.731. The molecular weight excluding hydrogens is 366 g/mol. The lowest BCUT2D eigenvalue weighted by molar-refractivity contribution is 0.185. The number of anilines is 1. The predicted molar refractivity (Wildman–Crippen MR) is 93.2 cm³/mol. The van der Waals surface area contributed by atoms with Crippen molar-refractivity contribution in [3.63, 3.8) is 0 Å². The highest BCUT2D eigenvalue weighted by atomic mass is 32.2. The number of pyridine rings is 1. The molecule has 1 aromatic carbocycles. The summed E-state index contributed by atoms with van der Waals surface area (Å²) in [5.41, 5.74) is 0.318. The minimum atomic E-state index is -3.83. The fraction of sp³-hybridized carbons (Fsp3) is 0.267. The van der Waals surface area contributed by atoms with Gasteiger partial charge in [-0.15, -0.1) is 0 Å². The average molecular weight is 385 g/mol. The third-order valence-corrected chi connectivity index (χ3v) is 6.63.